The normalized spacial score (nSPS) is 12.0. The van der Waals surface area contributed by atoms with Gasteiger partial charge in [0.05, 0.1) is 6.54 Å². The third-order valence-electron chi connectivity index (χ3n) is 2.69. The van der Waals surface area contributed by atoms with Crippen molar-refractivity contribution in [3.63, 3.8) is 0 Å². The number of guanidine groups is 1. The van der Waals surface area contributed by atoms with Gasteiger partial charge in [-0.25, -0.2) is 4.99 Å². The molecule has 1 aromatic rings. The molecule has 0 aliphatic carbocycles. The first kappa shape index (κ1) is 20.0. The molecule has 3 N–H and O–H groups in total. The van der Waals surface area contributed by atoms with Gasteiger partial charge in [-0.05, 0) is 44.4 Å². The maximum atomic E-state index is 5.78. The minimum Gasteiger partial charge on any atom is -0.492 e. The molecule has 0 spiro atoms. The number of ether oxygens (including phenoxy) is 1. The van der Waals surface area contributed by atoms with Crippen LogP contribution in [0.1, 0.15) is 46.1 Å². The first-order chi connectivity index (χ1) is 9.28. The Balaban J connectivity index is 0.00000400. The molecule has 1 rings (SSSR count). The van der Waals surface area contributed by atoms with Crippen molar-refractivity contribution in [3.05, 3.63) is 29.8 Å². The van der Waals surface area contributed by atoms with Gasteiger partial charge in [-0.1, -0.05) is 26.0 Å². The summed E-state index contributed by atoms with van der Waals surface area (Å²) < 4.78 is 5.63. The van der Waals surface area contributed by atoms with Crippen LogP contribution in [-0.4, -0.2) is 24.7 Å². The van der Waals surface area contributed by atoms with E-state index < -0.39 is 0 Å². The average molecular weight is 405 g/mol. The Morgan fingerprint density at radius 2 is 1.81 bits per heavy atom. The highest BCUT2D eigenvalue weighted by Gasteiger charge is 2.09. The molecule has 0 amide bonds. The molecule has 0 radical (unpaired) electrons. The molecule has 5 heteroatoms. The van der Waals surface area contributed by atoms with Crippen molar-refractivity contribution in [2.45, 2.75) is 46.1 Å². The van der Waals surface area contributed by atoms with E-state index in [1.807, 2.05) is 32.9 Å². The van der Waals surface area contributed by atoms with Gasteiger partial charge in [-0.15, -0.1) is 24.0 Å². The van der Waals surface area contributed by atoms with E-state index in [2.05, 4.69) is 36.3 Å². The van der Waals surface area contributed by atoms with Crippen LogP contribution in [0.15, 0.2) is 29.3 Å². The first-order valence-corrected chi connectivity index (χ1v) is 7.09. The highest BCUT2D eigenvalue weighted by atomic mass is 127. The summed E-state index contributed by atoms with van der Waals surface area (Å²) in [5.41, 5.74) is 7.02. The summed E-state index contributed by atoms with van der Waals surface area (Å²) in [6, 6.07) is 8.18. The maximum absolute atomic E-state index is 5.78. The van der Waals surface area contributed by atoms with Crippen molar-refractivity contribution >= 4 is 29.9 Å². The van der Waals surface area contributed by atoms with Gasteiger partial charge in [0.1, 0.15) is 12.4 Å². The Labute approximate surface area is 145 Å². The molecule has 4 nitrogen and oxygen atoms in total. The number of hydrogen-bond donors (Lipinski definition) is 2. The van der Waals surface area contributed by atoms with Gasteiger partial charge in [0, 0.05) is 5.54 Å². The number of benzene rings is 1. The lowest BCUT2D eigenvalue weighted by molar-refractivity contribution is 0.328. The van der Waals surface area contributed by atoms with Crippen molar-refractivity contribution in [3.8, 4) is 5.75 Å². The van der Waals surface area contributed by atoms with Gasteiger partial charge in [-0.2, -0.15) is 0 Å². The van der Waals surface area contributed by atoms with E-state index in [-0.39, 0.29) is 29.5 Å². The molecule has 120 valence electrons. The largest absolute Gasteiger partial charge is 0.492 e. The number of rotatable bonds is 5. The summed E-state index contributed by atoms with van der Waals surface area (Å²) in [4.78, 5) is 4.23. The summed E-state index contributed by atoms with van der Waals surface area (Å²) in [6.45, 7) is 11.5. The Morgan fingerprint density at radius 3 is 2.29 bits per heavy atom. The van der Waals surface area contributed by atoms with E-state index in [4.69, 9.17) is 10.5 Å². The molecular weight excluding hydrogens is 377 g/mol. The zero-order chi connectivity index (χ0) is 15.2. The predicted molar refractivity (Wildman–Crippen MR) is 101 cm³/mol. The molecule has 0 heterocycles. The number of halogens is 1. The number of nitrogens with zero attached hydrogens (tertiary/aromatic N) is 1. The zero-order valence-corrected chi connectivity index (χ0v) is 16.0. The van der Waals surface area contributed by atoms with Gasteiger partial charge in [0.15, 0.2) is 5.96 Å². The van der Waals surface area contributed by atoms with Crippen molar-refractivity contribution in [1.29, 1.82) is 0 Å². The molecule has 0 saturated heterocycles. The zero-order valence-electron chi connectivity index (χ0n) is 13.6. The molecule has 0 atom stereocenters. The number of nitrogens with one attached hydrogen (secondary N) is 1. The fourth-order valence-corrected chi connectivity index (χ4v) is 1.70. The lowest BCUT2D eigenvalue weighted by Crippen LogP contribution is -2.45. The summed E-state index contributed by atoms with van der Waals surface area (Å²) >= 11 is 0. The average Bonchev–Trinajstić information content (AvgIpc) is 2.33. The summed E-state index contributed by atoms with van der Waals surface area (Å²) in [5.74, 6) is 1.86. The quantitative estimate of drug-likeness (QED) is 0.341. The number of aliphatic imine (C=N–C) groups is 1. The lowest BCUT2D eigenvalue weighted by atomic mass is 10.0. The molecule has 0 aromatic heterocycles. The molecule has 0 bridgehead atoms. The molecule has 0 aliphatic heterocycles. The molecule has 0 unspecified atom stereocenters. The van der Waals surface area contributed by atoms with Crippen LogP contribution in [0.2, 0.25) is 0 Å². The number of hydrogen-bond acceptors (Lipinski definition) is 2. The van der Waals surface area contributed by atoms with Crippen LogP contribution in [0.4, 0.5) is 0 Å². The predicted octanol–water partition coefficient (Wildman–Crippen LogP) is 3.51. The van der Waals surface area contributed by atoms with Crippen LogP contribution < -0.4 is 15.8 Å². The van der Waals surface area contributed by atoms with Gasteiger partial charge in [0.25, 0.3) is 0 Å². The van der Waals surface area contributed by atoms with Crippen LogP contribution in [0.5, 0.6) is 5.75 Å². The number of nitrogens with two attached hydrogens (primary N) is 1. The standard InChI is InChI=1S/C16H27N3O.HI/c1-12(2)13-6-8-14(9-7-13)20-11-10-18-15(17)19-16(3,4)5;/h6-9,12H,10-11H2,1-5H3,(H3,17,18,19);1H. The topological polar surface area (TPSA) is 59.6 Å². The second kappa shape index (κ2) is 9.12. The second-order valence-electron chi connectivity index (χ2n) is 6.21. The third-order valence-corrected chi connectivity index (χ3v) is 2.69. The van der Waals surface area contributed by atoms with E-state index in [1.54, 1.807) is 0 Å². The molecule has 0 aliphatic rings. The highest BCUT2D eigenvalue weighted by molar-refractivity contribution is 14.0. The SMILES string of the molecule is CC(C)c1ccc(OCCN=C(N)NC(C)(C)C)cc1.I. The monoisotopic (exact) mass is 405 g/mol. The Bertz CT molecular complexity index is 436. The summed E-state index contributed by atoms with van der Waals surface area (Å²) in [7, 11) is 0. The van der Waals surface area contributed by atoms with Crippen molar-refractivity contribution in [1.82, 2.24) is 5.32 Å². The summed E-state index contributed by atoms with van der Waals surface area (Å²) in [6.07, 6.45) is 0. The van der Waals surface area contributed by atoms with Crippen LogP contribution in [0, 0.1) is 0 Å². The van der Waals surface area contributed by atoms with Crippen molar-refractivity contribution in [2.24, 2.45) is 10.7 Å². The lowest BCUT2D eigenvalue weighted by Gasteiger charge is -2.20. The van der Waals surface area contributed by atoms with E-state index >= 15 is 0 Å². The van der Waals surface area contributed by atoms with Crippen molar-refractivity contribution in [2.75, 3.05) is 13.2 Å². The van der Waals surface area contributed by atoms with E-state index in [0.29, 0.717) is 25.0 Å². The summed E-state index contributed by atoms with van der Waals surface area (Å²) in [5, 5.41) is 3.11. The van der Waals surface area contributed by atoms with E-state index in [9.17, 15) is 0 Å². The van der Waals surface area contributed by atoms with Crippen LogP contribution in [0.25, 0.3) is 0 Å². The Kier molecular flexibility index (Phi) is 8.70. The van der Waals surface area contributed by atoms with Crippen LogP contribution >= 0.6 is 24.0 Å². The molecule has 0 saturated carbocycles. The van der Waals surface area contributed by atoms with Gasteiger partial charge in [0.2, 0.25) is 0 Å². The smallest absolute Gasteiger partial charge is 0.189 e. The molecule has 0 fully saturated rings. The minimum absolute atomic E-state index is 0. The maximum Gasteiger partial charge on any atom is 0.189 e. The highest BCUT2D eigenvalue weighted by Crippen LogP contribution is 2.18. The second-order valence-corrected chi connectivity index (χ2v) is 6.21. The molecule has 1 aromatic carbocycles. The van der Waals surface area contributed by atoms with E-state index in [0.717, 1.165) is 5.75 Å². The van der Waals surface area contributed by atoms with Crippen LogP contribution in [-0.2, 0) is 0 Å². The fraction of sp³-hybridized carbons (Fsp3) is 0.562. The van der Waals surface area contributed by atoms with Gasteiger partial charge in [-0.3, -0.25) is 0 Å². The fourth-order valence-electron chi connectivity index (χ4n) is 1.70. The van der Waals surface area contributed by atoms with Gasteiger partial charge < -0.3 is 15.8 Å². The first-order valence-electron chi connectivity index (χ1n) is 7.09. The van der Waals surface area contributed by atoms with Gasteiger partial charge >= 0.3 is 0 Å². The Hall–Kier alpha value is -0.980. The van der Waals surface area contributed by atoms with Crippen molar-refractivity contribution < 1.29 is 4.74 Å². The van der Waals surface area contributed by atoms with E-state index in [1.165, 1.54) is 5.56 Å². The van der Waals surface area contributed by atoms with Crippen LogP contribution in [0.3, 0.4) is 0 Å². The molecule has 21 heavy (non-hydrogen) atoms. The minimum atomic E-state index is -0.0683. The third kappa shape index (κ3) is 8.80. The Morgan fingerprint density at radius 1 is 1.24 bits per heavy atom. The molecular formula is C16H28IN3O.